The second-order valence-electron chi connectivity index (χ2n) is 7.05. The third kappa shape index (κ3) is 5.10. The van der Waals surface area contributed by atoms with Crippen LogP contribution in [-0.4, -0.2) is 59.7 Å². The van der Waals surface area contributed by atoms with Gasteiger partial charge in [-0.1, -0.05) is 24.3 Å². The van der Waals surface area contributed by atoms with Crippen LogP contribution in [0.15, 0.2) is 53.6 Å². The van der Waals surface area contributed by atoms with Crippen molar-refractivity contribution >= 4 is 23.2 Å². The first-order valence-electron chi connectivity index (χ1n) is 9.43. The highest BCUT2D eigenvalue weighted by atomic mass is 19.1. The first-order valence-corrected chi connectivity index (χ1v) is 9.43. The summed E-state index contributed by atoms with van der Waals surface area (Å²) in [6, 6.07) is 11.1. The molecule has 162 valence electrons. The van der Waals surface area contributed by atoms with E-state index < -0.39 is 22.7 Å². The Hall–Kier alpha value is -3.66. The number of likely N-dealkylation sites (N-methyl/N-ethyl adjacent to an activating group) is 1. The van der Waals surface area contributed by atoms with Gasteiger partial charge in [-0.15, -0.1) is 0 Å². The predicted octanol–water partition coefficient (Wildman–Crippen LogP) is 2.52. The molecule has 1 heterocycles. The molecule has 0 radical (unpaired) electrons. The number of carbonyl (C=O) groups is 2. The smallest absolute Gasteiger partial charge is 0.269 e. The summed E-state index contributed by atoms with van der Waals surface area (Å²) >= 11 is 0. The Bertz CT molecular complexity index is 1020. The van der Waals surface area contributed by atoms with Crippen molar-refractivity contribution in [3.8, 4) is 0 Å². The van der Waals surface area contributed by atoms with Gasteiger partial charge in [0.1, 0.15) is 19.0 Å². The van der Waals surface area contributed by atoms with E-state index in [1.54, 1.807) is 24.3 Å². The number of nitro groups is 1. The molecule has 1 atom stereocenters. The molecule has 0 aliphatic carbocycles. The molecule has 0 bridgehead atoms. The molecule has 9 nitrogen and oxygen atoms in total. The summed E-state index contributed by atoms with van der Waals surface area (Å²) in [7, 11) is 2.86. The molecule has 1 aliphatic rings. The van der Waals surface area contributed by atoms with E-state index in [4.69, 9.17) is 4.74 Å². The van der Waals surface area contributed by atoms with Gasteiger partial charge in [0, 0.05) is 32.7 Å². The third-order valence-corrected chi connectivity index (χ3v) is 4.88. The Morgan fingerprint density at radius 2 is 2.00 bits per heavy atom. The number of carbonyl (C=O) groups excluding carboxylic acids is 2. The van der Waals surface area contributed by atoms with Crippen molar-refractivity contribution in [1.29, 1.82) is 0 Å². The fourth-order valence-corrected chi connectivity index (χ4v) is 3.26. The minimum absolute atomic E-state index is 0.104. The van der Waals surface area contributed by atoms with Crippen LogP contribution in [0.4, 0.5) is 10.1 Å². The van der Waals surface area contributed by atoms with Crippen molar-refractivity contribution in [1.82, 2.24) is 9.91 Å². The van der Waals surface area contributed by atoms with Gasteiger partial charge in [-0.3, -0.25) is 19.7 Å². The van der Waals surface area contributed by atoms with E-state index in [9.17, 15) is 24.1 Å². The number of benzene rings is 2. The molecule has 0 unspecified atom stereocenters. The molecule has 0 saturated heterocycles. The summed E-state index contributed by atoms with van der Waals surface area (Å²) in [5, 5.41) is 16.8. The normalized spacial score (nSPS) is 15.5. The number of non-ortho nitro benzene ring substituents is 1. The number of ether oxygens (including phenoxy) is 1. The summed E-state index contributed by atoms with van der Waals surface area (Å²) in [6.07, 6.45) is 0.286. The fourth-order valence-electron chi connectivity index (χ4n) is 3.26. The highest BCUT2D eigenvalue weighted by Crippen LogP contribution is 2.34. The fraction of sp³-hybridized carbons (Fsp3) is 0.286. The van der Waals surface area contributed by atoms with Gasteiger partial charge in [0.15, 0.2) is 0 Å². The molecule has 0 fully saturated rings. The van der Waals surface area contributed by atoms with Crippen molar-refractivity contribution in [2.24, 2.45) is 5.10 Å². The average molecular weight is 428 g/mol. The lowest BCUT2D eigenvalue weighted by atomic mass is 9.98. The molecule has 10 heteroatoms. The quantitative estimate of drug-likeness (QED) is 0.498. The molecule has 2 aromatic rings. The van der Waals surface area contributed by atoms with Gasteiger partial charge in [0.2, 0.25) is 5.91 Å². The first-order chi connectivity index (χ1) is 14.8. The maximum Gasteiger partial charge on any atom is 0.269 e. The van der Waals surface area contributed by atoms with E-state index in [0.717, 1.165) is 0 Å². The van der Waals surface area contributed by atoms with Crippen LogP contribution in [0.5, 0.6) is 0 Å². The van der Waals surface area contributed by atoms with E-state index in [0.29, 0.717) is 16.8 Å². The van der Waals surface area contributed by atoms with Gasteiger partial charge in [-0.05, 0) is 23.3 Å². The minimum Gasteiger partial charge on any atom is -0.375 e. The van der Waals surface area contributed by atoms with Gasteiger partial charge in [0.25, 0.3) is 11.6 Å². The zero-order chi connectivity index (χ0) is 22.5. The van der Waals surface area contributed by atoms with Gasteiger partial charge in [-0.25, -0.2) is 9.40 Å². The number of halogens is 1. The van der Waals surface area contributed by atoms with E-state index in [1.807, 2.05) is 0 Å². The van der Waals surface area contributed by atoms with Crippen LogP contribution in [0.2, 0.25) is 0 Å². The topological polar surface area (TPSA) is 105 Å². The number of nitro benzene ring substituents is 1. The molecular formula is C21H21FN4O5. The van der Waals surface area contributed by atoms with Crippen LogP contribution >= 0.6 is 0 Å². The minimum atomic E-state index is -0.599. The number of methoxy groups -OCH3 is 1. The van der Waals surface area contributed by atoms with Gasteiger partial charge in [-0.2, -0.15) is 5.10 Å². The maximum absolute atomic E-state index is 13.3. The van der Waals surface area contributed by atoms with E-state index in [-0.39, 0.29) is 31.2 Å². The van der Waals surface area contributed by atoms with Crippen LogP contribution in [0, 0.1) is 15.9 Å². The Balaban J connectivity index is 1.92. The van der Waals surface area contributed by atoms with Gasteiger partial charge in [0.05, 0.1) is 16.7 Å². The molecule has 0 spiro atoms. The molecule has 1 aliphatic heterocycles. The largest absolute Gasteiger partial charge is 0.375 e. The summed E-state index contributed by atoms with van der Waals surface area (Å²) in [4.78, 5) is 36.9. The Labute approximate surface area is 177 Å². The molecule has 31 heavy (non-hydrogen) atoms. The number of hydrogen-bond acceptors (Lipinski definition) is 6. The van der Waals surface area contributed by atoms with Crippen molar-refractivity contribution in [3.63, 3.8) is 0 Å². The zero-order valence-corrected chi connectivity index (χ0v) is 17.0. The van der Waals surface area contributed by atoms with Crippen LogP contribution in [0.25, 0.3) is 0 Å². The monoisotopic (exact) mass is 428 g/mol. The first kappa shape index (κ1) is 22.0. The number of hydrazone groups is 1. The number of hydrogen-bond donors (Lipinski definition) is 0. The SMILES string of the molecule is COCC(=O)N(C)CC(=O)N1N=C(c2ccc(F)cc2)C[C@@H]1c1cccc([N+](=O)[O-])c1. The van der Waals surface area contributed by atoms with E-state index >= 15 is 0 Å². The molecular weight excluding hydrogens is 407 g/mol. The lowest BCUT2D eigenvalue weighted by Crippen LogP contribution is -2.40. The van der Waals surface area contributed by atoms with E-state index in [1.165, 1.54) is 48.3 Å². The Kier molecular flexibility index (Phi) is 6.71. The maximum atomic E-state index is 13.3. The number of amides is 2. The van der Waals surface area contributed by atoms with Gasteiger partial charge >= 0.3 is 0 Å². The van der Waals surface area contributed by atoms with Crippen LogP contribution in [0.3, 0.4) is 0 Å². The van der Waals surface area contributed by atoms with E-state index in [2.05, 4.69) is 5.10 Å². The summed E-state index contributed by atoms with van der Waals surface area (Å²) in [6.45, 7) is -0.407. The molecule has 0 aromatic heterocycles. The summed E-state index contributed by atoms with van der Waals surface area (Å²) in [5.41, 5.74) is 1.61. The summed E-state index contributed by atoms with van der Waals surface area (Å²) < 4.78 is 18.1. The number of nitrogens with zero attached hydrogens (tertiary/aromatic N) is 4. The molecule has 2 aromatic carbocycles. The number of rotatable bonds is 7. The molecule has 0 N–H and O–H groups in total. The Morgan fingerprint density at radius 3 is 2.65 bits per heavy atom. The second-order valence-corrected chi connectivity index (χ2v) is 7.05. The lowest BCUT2D eigenvalue weighted by Gasteiger charge is -2.24. The van der Waals surface area contributed by atoms with Crippen molar-refractivity contribution < 1.29 is 23.6 Å². The summed E-state index contributed by atoms with van der Waals surface area (Å²) in [5.74, 6) is -1.23. The molecule has 3 rings (SSSR count). The zero-order valence-electron chi connectivity index (χ0n) is 17.0. The Morgan fingerprint density at radius 1 is 1.29 bits per heavy atom. The highest BCUT2D eigenvalue weighted by molar-refractivity contribution is 6.03. The molecule has 2 amide bonds. The standard InChI is InChI=1S/C21H21FN4O5/c1-24(21(28)13-31-2)12-20(27)25-19(15-4-3-5-17(10-15)26(29)30)11-18(23-25)14-6-8-16(22)9-7-14/h3-10,19H,11-13H2,1-2H3/t19-/m1/s1. The highest BCUT2D eigenvalue weighted by Gasteiger charge is 2.34. The van der Waals surface area contributed by atoms with Crippen molar-refractivity contribution in [2.75, 3.05) is 27.3 Å². The van der Waals surface area contributed by atoms with Crippen LogP contribution < -0.4 is 0 Å². The van der Waals surface area contributed by atoms with Crippen molar-refractivity contribution in [2.45, 2.75) is 12.5 Å². The van der Waals surface area contributed by atoms with Gasteiger partial charge < -0.3 is 9.64 Å². The third-order valence-electron chi connectivity index (χ3n) is 4.88. The predicted molar refractivity (Wildman–Crippen MR) is 110 cm³/mol. The lowest BCUT2D eigenvalue weighted by molar-refractivity contribution is -0.385. The average Bonchev–Trinajstić information content (AvgIpc) is 3.20. The van der Waals surface area contributed by atoms with Crippen LogP contribution in [0.1, 0.15) is 23.6 Å². The second kappa shape index (κ2) is 9.43. The van der Waals surface area contributed by atoms with Crippen LogP contribution in [-0.2, 0) is 14.3 Å². The molecule has 0 saturated carbocycles. The van der Waals surface area contributed by atoms with Crippen molar-refractivity contribution in [3.05, 3.63) is 75.6 Å².